The number of anilines is 1. The van der Waals surface area contributed by atoms with E-state index in [4.69, 9.17) is 10.5 Å². The first-order valence-corrected chi connectivity index (χ1v) is 6.41. The van der Waals surface area contributed by atoms with E-state index in [0.717, 1.165) is 25.3 Å². The van der Waals surface area contributed by atoms with Gasteiger partial charge in [0.15, 0.2) is 0 Å². The van der Waals surface area contributed by atoms with Crippen LogP contribution in [0.15, 0.2) is 24.3 Å². The van der Waals surface area contributed by atoms with Crippen molar-refractivity contribution in [3.8, 4) is 5.75 Å². The van der Waals surface area contributed by atoms with Gasteiger partial charge in [0.2, 0.25) is 0 Å². The number of benzene rings is 1. The quantitative estimate of drug-likeness (QED) is 0.868. The Kier molecular flexibility index (Phi) is 3.89. The summed E-state index contributed by atoms with van der Waals surface area (Å²) >= 11 is 0. The Morgan fingerprint density at radius 3 is 2.88 bits per heavy atom. The van der Waals surface area contributed by atoms with Crippen LogP contribution in [-0.2, 0) is 0 Å². The fourth-order valence-corrected chi connectivity index (χ4v) is 2.33. The lowest BCUT2D eigenvalue weighted by Crippen LogP contribution is -2.42. The van der Waals surface area contributed by atoms with Gasteiger partial charge >= 0.3 is 0 Å². The minimum atomic E-state index is 0.230. The summed E-state index contributed by atoms with van der Waals surface area (Å²) in [5.74, 6) is 1.65. The van der Waals surface area contributed by atoms with Crippen molar-refractivity contribution in [1.29, 1.82) is 0 Å². The Morgan fingerprint density at radius 1 is 1.41 bits per heavy atom. The summed E-state index contributed by atoms with van der Waals surface area (Å²) in [5.41, 5.74) is 6.84. The van der Waals surface area contributed by atoms with Gasteiger partial charge < -0.3 is 15.4 Å². The second kappa shape index (κ2) is 5.41. The molecule has 1 atom stereocenters. The maximum absolute atomic E-state index is 5.96. The fraction of sp³-hybridized carbons (Fsp3) is 0.571. The average Bonchev–Trinajstić information content (AvgIpc) is 2.29. The van der Waals surface area contributed by atoms with E-state index in [-0.39, 0.29) is 6.10 Å². The Hall–Kier alpha value is -1.22. The Labute approximate surface area is 104 Å². The minimum Gasteiger partial charge on any atom is -0.486 e. The molecule has 0 radical (unpaired) electrons. The van der Waals surface area contributed by atoms with E-state index < -0.39 is 0 Å². The van der Waals surface area contributed by atoms with Gasteiger partial charge in [-0.2, -0.15) is 0 Å². The number of fused-ring (bicyclic) bond motifs is 1. The highest BCUT2D eigenvalue weighted by molar-refractivity contribution is 5.60. The van der Waals surface area contributed by atoms with Crippen LogP contribution < -0.4 is 15.4 Å². The molecule has 0 bridgehead atoms. The molecule has 17 heavy (non-hydrogen) atoms. The maximum atomic E-state index is 5.96. The van der Waals surface area contributed by atoms with Crippen molar-refractivity contribution in [1.82, 2.24) is 0 Å². The summed E-state index contributed by atoms with van der Waals surface area (Å²) in [5, 5.41) is 0. The number of nitrogens with zero attached hydrogens (tertiary/aromatic N) is 1. The molecule has 1 heterocycles. The molecule has 0 amide bonds. The lowest BCUT2D eigenvalue weighted by molar-refractivity contribution is 0.184. The summed E-state index contributed by atoms with van der Waals surface area (Å²) in [7, 11) is 0. The first-order valence-electron chi connectivity index (χ1n) is 6.41. The van der Waals surface area contributed by atoms with Crippen LogP contribution in [0.4, 0.5) is 5.69 Å². The maximum Gasteiger partial charge on any atom is 0.143 e. The molecule has 1 aromatic carbocycles. The zero-order chi connectivity index (χ0) is 12.3. The van der Waals surface area contributed by atoms with Gasteiger partial charge in [0.25, 0.3) is 0 Å². The van der Waals surface area contributed by atoms with Crippen LogP contribution in [0, 0.1) is 5.92 Å². The number of hydrogen-bond acceptors (Lipinski definition) is 3. The van der Waals surface area contributed by atoms with E-state index in [1.54, 1.807) is 0 Å². The predicted octanol–water partition coefficient (Wildman–Crippen LogP) is 2.26. The van der Waals surface area contributed by atoms with Crippen molar-refractivity contribution in [3.05, 3.63) is 24.3 Å². The van der Waals surface area contributed by atoms with Gasteiger partial charge in [-0.15, -0.1) is 0 Å². The topological polar surface area (TPSA) is 38.5 Å². The van der Waals surface area contributed by atoms with E-state index in [1.165, 1.54) is 5.69 Å². The molecule has 1 aromatic rings. The molecule has 2 rings (SSSR count). The summed E-state index contributed by atoms with van der Waals surface area (Å²) in [6, 6.07) is 8.28. The van der Waals surface area contributed by atoms with Crippen LogP contribution in [0.2, 0.25) is 0 Å². The molecule has 0 aromatic heterocycles. The second-order valence-corrected chi connectivity index (χ2v) is 5.08. The zero-order valence-electron chi connectivity index (χ0n) is 10.7. The first-order chi connectivity index (χ1) is 8.20. The molecule has 0 aliphatic carbocycles. The molecule has 0 spiro atoms. The van der Waals surface area contributed by atoms with E-state index in [1.807, 2.05) is 12.1 Å². The van der Waals surface area contributed by atoms with Gasteiger partial charge in [-0.3, -0.25) is 0 Å². The van der Waals surface area contributed by atoms with Gasteiger partial charge in [-0.1, -0.05) is 26.0 Å². The number of rotatable bonds is 4. The van der Waals surface area contributed by atoms with Crippen LogP contribution in [0.25, 0.3) is 0 Å². The molecular weight excluding hydrogens is 212 g/mol. The minimum absolute atomic E-state index is 0.230. The molecule has 3 heteroatoms. The first kappa shape index (κ1) is 12.2. The van der Waals surface area contributed by atoms with Crippen LogP contribution >= 0.6 is 0 Å². The summed E-state index contributed by atoms with van der Waals surface area (Å²) in [4.78, 5) is 2.42. The molecule has 2 N–H and O–H groups in total. The van der Waals surface area contributed by atoms with Gasteiger partial charge in [0.1, 0.15) is 11.9 Å². The summed E-state index contributed by atoms with van der Waals surface area (Å²) in [6.45, 7) is 7.20. The Bertz CT molecular complexity index is 365. The van der Waals surface area contributed by atoms with Crippen LogP contribution in [0.1, 0.15) is 20.3 Å². The summed E-state index contributed by atoms with van der Waals surface area (Å²) in [6.07, 6.45) is 1.15. The van der Waals surface area contributed by atoms with Gasteiger partial charge in [0, 0.05) is 6.54 Å². The van der Waals surface area contributed by atoms with Gasteiger partial charge in [-0.05, 0) is 31.0 Å². The normalized spacial score (nSPS) is 19.1. The number of ether oxygens (including phenoxy) is 1. The van der Waals surface area contributed by atoms with Crippen molar-refractivity contribution in [3.63, 3.8) is 0 Å². The molecular formula is C14H22N2O. The van der Waals surface area contributed by atoms with Crippen molar-refractivity contribution in [2.24, 2.45) is 11.7 Å². The molecule has 1 aliphatic heterocycles. The molecule has 1 aliphatic rings. The van der Waals surface area contributed by atoms with Crippen LogP contribution in [-0.4, -0.2) is 25.7 Å². The zero-order valence-corrected chi connectivity index (χ0v) is 10.7. The van der Waals surface area contributed by atoms with Gasteiger partial charge in [-0.25, -0.2) is 0 Å². The lowest BCUT2D eigenvalue weighted by Gasteiger charge is -2.37. The second-order valence-electron chi connectivity index (χ2n) is 5.08. The number of hydrogen-bond donors (Lipinski definition) is 1. The van der Waals surface area contributed by atoms with E-state index in [0.29, 0.717) is 12.5 Å². The standard InChI is InChI=1S/C14H22N2O/c1-11(2)9-16-10-12(7-8-15)17-14-6-4-3-5-13(14)16/h3-6,11-12H,7-10,15H2,1-2H3. The number of nitrogens with two attached hydrogens (primary N) is 1. The predicted molar refractivity (Wildman–Crippen MR) is 71.6 cm³/mol. The third-order valence-electron chi connectivity index (χ3n) is 3.00. The van der Waals surface area contributed by atoms with E-state index >= 15 is 0 Å². The molecule has 1 unspecified atom stereocenters. The Morgan fingerprint density at radius 2 is 2.18 bits per heavy atom. The molecule has 0 saturated heterocycles. The van der Waals surface area contributed by atoms with E-state index in [2.05, 4.69) is 30.9 Å². The Balaban J connectivity index is 2.19. The molecule has 3 nitrogen and oxygen atoms in total. The van der Waals surface area contributed by atoms with Crippen LogP contribution in [0.5, 0.6) is 5.75 Å². The third kappa shape index (κ3) is 2.91. The van der Waals surface area contributed by atoms with Crippen molar-refractivity contribution < 1.29 is 4.74 Å². The highest BCUT2D eigenvalue weighted by atomic mass is 16.5. The van der Waals surface area contributed by atoms with Crippen molar-refractivity contribution in [2.75, 3.05) is 24.5 Å². The van der Waals surface area contributed by atoms with Crippen LogP contribution in [0.3, 0.4) is 0 Å². The lowest BCUT2D eigenvalue weighted by atomic mass is 10.1. The molecule has 0 saturated carbocycles. The van der Waals surface area contributed by atoms with Crippen molar-refractivity contribution >= 4 is 5.69 Å². The summed E-state index contributed by atoms with van der Waals surface area (Å²) < 4.78 is 5.96. The highest BCUT2D eigenvalue weighted by Crippen LogP contribution is 2.33. The monoisotopic (exact) mass is 234 g/mol. The average molecular weight is 234 g/mol. The number of para-hydroxylation sites is 2. The van der Waals surface area contributed by atoms with Crippen molar-refractivity contribution in [2.45, 2.75) is 26.4 Å². The SMILES string of the molecule is CC(C)CN1CC(CCN)Oc2ccccc21. The fourth-order valence-electron chi connectivity index (χ4n) is 2.33. The third-order valence-corrected chi connectivity index (χ3v) is 3.00. The smallest absolute Gasteiger partial charge is 0.143 e. The van der Waals surface area contributed by atoms with Gasteiger partial charge in [0.05, 0.1) is 12.2 Å². The molecule has 0 fully saturated rings. The largest absolute Gasteiger partial charge is 0.486 e. The molecule has 94 valence electrons. The highest BCUT2D eigenvalue weighted by Gasteiger charge is 2.24. The van der Waals surface area contributed by atoms with E-state index in [9.17, 15) is 0 Å².